The maximum atomic E-state index is 3.80. The Kier molecular flexibility index (Phi) is 5.92. The van der Waals surface area contributed by atoms with E-state index in [0.717, 1.165) is 17.9 Å². The van der Waals surface area contributed by atoms with Crippen LogP contribution >= 0.6 is 0 Å². The van der Waals surface area contributed by atoms with Crippen molar-refractivity contribution in [2.75, 3.05) is 19.6 Å². The molecule has 2 unspecified atom stereocenters. The smallest absolute Gasteiger partial charge is 0.0278 e. The van der Waals surface area contributed by atoms with E-state index >= 15 is 0 Å². The highest BCUT2D eigenvalue weighted by Crippen LogP contribution is 2.28. The van der Waals surface area contributed by atoms with E-state index in [9.17, 15) is 0 Å². The average Bonchev–Trinajstić information content (AvgIpc) is 2.46. The summed E-state index contributed by atoms with van der Waals surface area (Å²) in [6.07, 6.45) is 10.1. The van der Waals surface area contributed by atoms with Gasteiger partial charge in [-0.25, -0.2) is 0 Å². The van der Waals surface area contributed by atoms with Crippen molar-refractivity contribution in [2.45, 2.75) is 84.2 Å². The number of piperazine rings is 1. The third-order valence-electron chi connectivity index (χ3n) is 5.86. The first-order valence-electron chi connectivity index (χ1n) is 9.03. The molecule has 0 spiro atoms. The summed E-state index contributed by atoms with van der Waals surface area (Å²) >= 11 is 0. The Morgan fingerprint density at radius 2 is 1.90 bits per heavy atom. The van der Waals surface area contributed by atoms with Crippen LogP contribution in [0.15, 0.2) is 0 Å². The minimum absolute atomic E-state index is 0.331. The minimum Gasteiger partial charge on any atom is -0.309 e. The van der Waals surface area contributed by atoms with Crippen LogP contribution in [0.2, 0.25) is 0 Å². The molecule has 1 aliphatic carbocycles. The molecule has 118 valence electrons. The van der Waals surface area contributed by atoms with E-state index in [4.69, 9.17) is 0 Å². The van der Waals surface area contributed by atoms with Crippen LogP contribution in [0.3, 0.4) is 0 Å². The van der Waals surface area contributed by atoms with Crippen molar-refractivity contribution in [3.63, 3.8) is 0 Å². The van der Waals surface area contributed by atoms with Gasteiger partial charge in [0.1, 0.15) is 0 Å². The van der Waals surface area contributed by atoms with E-state index in [1.807, 2.05) is 0 Å². The molecule has 0 aromatic carbocycles. The zero-order valence-corrected chi connectivity index (χ0v) is 14.3. The van der Waals surface area contributed by atoms with E-state index < -0.39 is 0 Å². The van der Waals surface area contributed by atoms with Crippen molar-refractivity contribution < 1.29 is 0 Å². The Hall–Kier alpha value is -0.0800. The van der Waals surface area contributed by atoms with Gasteiger partial charge in [-0.15, -0.1) is 0 Å². The van der Waals surface area contributed by atoms with Crippen LogP contribution in [-0.4, -0.2) is 36.1 Å². The lowest BCUT2D eigenvalue weighted by Crippen LogP contribution is -2.64. The summed E-state index contributed by atoms with van der Waals surface area (Å²) in [4.78, 5) is 2.80. The van der Waals surface area contributed by atoms with Gasteiger partial charge in [0.2, 0.25) is 0 Å². The lowest BCUT2D eigenvalue weighted by Gasteiger charge is -2.48. The first-order valence-corrected chi connectivity index (χ1v) is 9.03. The SMILES string of the molecule is CCC1(C)CN(CCC2CCCCC2)C(C(C)C)CN1. The predicted octanol–water partition coefficient (Wildman–Crippen LogP) is 4.06. The molecule has 2 nitrogen and oxygen atoms in total. The highest BCUT2D eigenvalue weighted by Gasteiger charge is 2.35. The van der Waals surface area contributed by atoms with Gasteiger partial charge >= 0.3 is 0 Å². The van der Waals surface area contributed by atoms with Crippen LogP contribution in [0, 0.1) is 11.8 Å². The largest absolute Gasteiger partial charge is 0.309 e. The minimum atomic E-state index is 0.331. The lowest BCUT2D eigenvalue weighted by molar-refractivity contribution is 0.0539. The van der Waals surface area contributed by atoms with E-state index in [1.54, 1.807) is 0 Å². The predicted molar refractivity (Wildman–Crippen MR) is 88.1 cm³/mol. The molecular formula is C18H36N2. The molecular weight excluding hydrogens is 244 g/mol. The molecule has 2 aliphatic rings. The van der Waals surface area contributed by atoms with Crippen molar-refractivity contribution in [3.05, 3.63) is 0 Å². The van der Waals surface area contributed by atoms with Gasteiger partial charge in [-0.3, -0.25) is 4.90 Å². The molecule has 2 fully saturated rings. The van der Waals surface area contributed by atoms with Crippen molar-refractivity contribution in [3.8, 4) is 0 Å². The van der Waals surface area contributed by atoms with Crippen LogP contribution in [0.25, 0.3) is 0 Å². The highest BCUT2D eigenvalue weighted by atomic mass is 15.3. The second kappa shape index (κ2) is 7.26. The highest BCUT2D eigenvalue weighted by molar-refractivity contribution is 4.95. The summed E-state index contributed by atoms with van der Waals surface area (Å²) in [6.45, 7) is 13.2. The Balaban J connectivity index is 1.89. The van der Waals surface area contributed by atoms with E-state index in [1.165, 1.54) is 64.6 Å². The zero-order valence-electron chi connectivity index (χ0n) is 14.3. The van der Waals surface area contributed by atoms with Crippen molar-refractivity contribution in [1.82, 2.24) is 10.2 Å². The molecule has 0 aromatic heterocycles. The fraction of sp³-hybridized carbons (Fsp3) is 1.00. The first-order chi connectivity index (χ1) is 9.54. The molecule has 1 N–H and O–H groups in total. The van der Waals surface area contributed by atoms with Gasteiger partial charge in [0, 0.05) is 24.7 Å². The normalized spacial score (nSPS) is 33.8. The number of nitrogens with one attached hydrogen (secondary N) is 1. The number of hydrogen-bond acceptors (Lipinski definition) is 2. The molecule has 2 atom stereocenters. The molecule has 0 aromatic rings. The Labute approximate surface area is 126 Å². The van der Waals surface area contributed by atoms with Crippen molar-refractivity contribution >= 4 is 0 Å². The fourth-order valence-electron chi connectivity index (χ4n) is 4.06. The second-order valence-corrected chi connectivity index (χ2v) is 7.87. The molecule has 0 radical (unpaired) electrons. The zero-order chi connectivity index (χ0) is 14.6. The summed E-state index contributed by atoms with van der Waals surface area (Å²) in [5.41, 5.74) is 0.331. The maximum Gasteiger partial charge on any atom is 0.0278 e. The Morgan fingerprint density at radius 3 is 2.50 bits per heavy atom. The third-order valence-corrected chi connectivity index (χ3v) is 5.86. The Morgan fingerprint density at radius 1 is 1.20 bits per heavy atom. The van der Waals surface area contributed by atoms with Gasteiger partial charge in [-0.2, -0.15) is 0 Å². The molecule has 0 bridgehead atoms. The van der Waals surface area contributed by atoms with Crippen LogP contribution in [0.5, 0.6) is 0 Å². The summed E-state index contributed by atoms with van der Waals surface area (Å²) in [7, 11) is 0. The van der Waals surface area contributed by atoms with Crippen LogP contribution < -0.4 is 5.32 Å². The Bertz CT molecular complexity index is 283. The second-order valence-electron chi connectivity index (χ2n) is 7.87. The van der Waals surface area contributed by atoms with Crippen LogP contribution in [0.4, 0.5) is 0 Å². The first kappa shape index (κ1) is 16.3. The standard InChI is InChI=1S/C18H36N2/c1-5-18(4)14-20(17(13-19-18)15(2)3)12-11-16-9-7-6-8-10-16/h15-17,19H,5-14H2,1-4H3. The van der Waals surface area contributed by atoms with E-state index in [-0.39, 0.29) is 0 Å². The number of hydrogen-bond donors (Lipinski definition) is 1. The molecule has 1 saturated carbocycles. The molecule has 20 heavy (non-hydrogen) atoms. The van der Waals surface area contributed by atoms with E-state index in [0.29, 0.717) is 5.54 Å². The van der Waals surface area contributed by atoms with Crippen LogP contribution in [0.1, 0.15) is 72.6 Å². The molecule has 1 aliphatic heterocycles. The monoisotopic (exact) mass is 280 g/mol. The van der Waals surface area contributed by atoms with Gasteiger partial charge < -0.3 is 5.32 Å². The molecule has 0 amide bonds. The number of nitrogens with zero attached hydrogens (tertiary/aromatic N) is 1. The van der Waals surface area contributed by atoms with Gasteiger partial charge in [-0.05, 0) is 38.1 Å². The molecule has 2 rings (SSSR count). The van der Waals surface area contributed by atoms with Gasteiger partial charge in [0.15, 0.2) is 0 Å². The van der Waals surface area contributed by atoms with Gasteiger partial charge in [0.25, 0.3) is 0 Å². The number of rotatable bonds is 5. The molecule has 1 saturated heterocycles. The van der Waals surface area contributed by atoms with Crippen molar-refractivity contribution in [2.24, 2.45) is 11.8 Å². The van der Waals surface area contributed by atoms with Crippen molar-refractivity contribution in [1.29, 1.82) is 0 Å². The maximum absolute atomic E-state index is 3.80. The van der Waals surface area contributed by atoms with Crippen LogP contribution in [-0.2, 0) is 0 Å². The summed E-state index contributed by atoms with van der Waals surface area (Å²) < 4.78 is 0. The summed E-state index contributed by atoms with van der Waals surface area (Å²) in [6, 6.07) is 0.734. The van der Waals surface area contributed by atoms with Gasteiger partial charge in [0.05, 0.1) is 0 Å². The van der Waals surface area contributed by atoms with Gasteiger partial charge in [-0.1, -0.05) is 52.9 Å². The molecule has 2 heteroatoms. The summed E-state index contributed by atoms with van der Waals surface area (Å²) in [5, 5.41) is 3.80. The quantitative estimate of drug-likeness (QED) is 0.817. The average molecular weight is 280 g/mol. The molecule has 1 heterocycles. The fourth-order valence-corrected chi connectivity index (χ4v) is 4.06. The van der Waals surface area contributed by atoms with E-state index in [2.05, 4.69) is 37.9 Å². The third kappa shape index (κ3) is 4.21. The summed E-state index contributed by atoms with van der Waals surface area (Å²) in [5.74, 6) is 1.77. The lowest BCUT2D eigenvalue weighted by atomic mass is 9.85. The topological polar surface area (TPSA) is 15.3 Å².